The summed E-state index contributed by atoms with van der Waals surface area (Å²) in [5, 5.41) is 3.70. The number of rotatable bonds is 5. The molecular weight excluding hydrogens is 258 g/mol. The number of nitrogens with zero attached hydrogens (tertiary/aromatic N) is 2. The Kier molecular flexibility index (Phi) is 3.52. The molecule has 0 aliphatic heterocycles. The van der Waals surface area contributed by atoms with Crippen molar-refractivity contribution in [2.45, 2.75) is 50.6 Å². The van der Waals surface area contributed by atoms with Gasteiger partial charge in [0.25, 0.3) is 0 Å². The summed E-state index contributed by atoms with van der Waals surface area (Å²) in [6.45, 7) is 1.01. The lowest BCUT2D eigenvalue weighted by atomic mass is 9.99. The fourth-order valence-electron chi connectivity index (χ4n) is 3.38. The van der Waals surface area contributed by atoms with E-state index in [0.29, 0.717) is 6.04 Å². The van der Waals surface area contributed by atoms with Gasteiger partial charge >= 0.3 is 0 Å². The minimum Gasteiger partial charge on any atom is -0.326 e. The van der Waals surface area contributed by atoms with E-state index in [-0.39, 0.29) is 0 Å². The van der Waals surface area contributed by atoms with Gasteiger partial charge in [0.2, 0.25) is 0 Å². The summed E-state index contributed by atoms with van der Waals surface area (Å²) < 4.78 is 2.43. The van der Waals surface area contributed by atoms with E-state index in [9.17, 15) is 0 Å². The maximum absolute atomic E-state index is 4.68. The highest BCUT2D eigenvalue weighted by molar-refractivity contribution is 5.25. The van der Waals surface area contributed by atoms with Gasteiger partial charge in [-0.3, -0.25) is 0 Å². The van der Waals surface area contributed by atoms with Crippen LogP contribution in [0.1, 0.15) is 48.7 Å². The number of fused-ring (bicyclic) bond motifs is 1. The van der Waals surface area contributed by atoms with Gasteiger partial charge < -0.3 is 9.88 Å². The first-order valence-corrected chi connectivity index (χ1v) is 8.25. The summed E-state index contributed by atoms with van der Waals surface area (Å²) in [7, 11) is 0. The van der Waals surface area contributed by atoms with E-state index in [1.807, 2.05) is 0 Å². The van der Waals surface area contributed by atoms with Crippen LogP contribution in [0, 0.1) is 0 Å². The summed E-state index contributed by atoms with van der Waals surface area (Å²) >= 11 is 0. The molecule has 3 heteroatoms. The molecule has 2 aliphatic rings. The zero-order valence-electron chi connectivity index (χ0n) is 12.5. The van der Waals surface area contributed by atoms with Crippen molar-refractivity contribution in [1.82, 2.24) is 14.9 Å². The molecule has 1 N–H and O–H groups in total. The summed E-state index contributed by atoms with van der Waals surface area (Å²) in [5.74, 6) is 0. The molecule has 0 spiro atoms. The molecule has 0 bridgehead atoms. The molecule has 1 fully saturated rings. The first kappa shape index (κ1) is 13.1. The lowest BCUT2D eigenvalue weighted by Crippen LogP contribution is -2.28. The van der Waals surface area contributed by atoms with Gasteiger partial charge in [-0.25, -0.2) is 4.98 Å². The van der Waals surface area contributed by atoms with Crippen LogP contribution in [0.3, 0.4) is 0 Å². The maximum Gasteiger partial charge on any atom is 0.0957 e. The lowest BCUT2D eigenvalue weighted by molar-refractivity contribution is 0.496. The molecular formula is C18H23N3. The Morgan fingerprint density at radius 3 is 2.76 bits per heavy atom. The molecule has 0 amide bonds. The van der Waals surface area contributed by atoms with E-state index in [1.165, 1.54) is 49.1 Å². The van der Waals surface area contributed by atoms with Crippen LogP contribution in [-0.2, 0) is 12.8 Å². The Hall–Kier alpha value is -1.61. The van der Waals surface area contributed by atoms with Crippen LogP contribution in [-0.4, -0.2) is 22.1 Å². The fraction of sp³-hybridized carbons (Fsp3) is 0.500. The van der Waals surface area contributed by atoms with E-state index in [1.54, 1.807) is 0 Å². The normalized spacial score (nSPS) is 19.2. The number of hydrogen-bond donors (Lipinski definition) is 1. The first-order valence-electron chi connectivity index (χ1n) is 8.25. The predicted octanol–water partition coefficient (Wildman–Crippen LogP) is 3.10. The van der Waals surface area contributed by atoms with Gasteiger partial charge in [-0.05, 0) is 44.1 Å². The van der Waals surface area contributed by atoms with Gasteiger partial charge in [-0.15, -0.1) is 0 Å². The SMILES string of the molecule is c1ccc(C(CNC2CC2)n2cnc3c2CCCC3)cc1. The lowest BCUT2D eigenvalue weighted by Gasteiger charge is -2.24. The van der Waals surface area contributed by atoms with Crippen molar-refractivity contribution >= 4 is 0 Å². The second-order valence-electron chi connectivity index (χ2n) is 6.36. The zero-order chi connectivity index (χ0) is 14.1. The smallest absolute Gasteiger partial charge is 0.0957 e. The third kappa shape index (κ3) is 2.75. The van der Waals surface area contributed by atoms with Crippen LogP contribution in [0.4, 0.5) is 0 Å². The van der Waals surface area contributed by atoms with E-state index < -0.39 is 0 Å². The van der Waals surface area contributed by atoms with Crippen molar-refractivity contribution in [3.63, 3.8) is 0 Å². The summed E-state index contributed by atoms with van der Waals surface area (Å²) in [4.78, 5) is 4.68. The molecule has 0 radical (unpaired) electrons. The Labute approximate surface area is 126 Å². The number of aryl methyl sites for hydroxylation is 1. The number of hydrogen-bond acceptors (Lipinski definition) is 2. The monoisotopic (exact) mass is 281 g/mol. The minimum atomic E-state index is 0.376. The van der Waals surface area contributed by atoms with Crippen LogP contribution in [0.15, 0.2) is 36.7 Å². The first-order chi connectivity index (χ1) is 10.4. The molecule has 4 rings (SSSR count). The van der Waals surface area contributed by atoms with Gasteiger partial charge in [0.1, 0.15) is 0 Å². The fourth-order valence-corrected chi connectivity index (χ4v) is 3.38. The van der Waals surface area contributed by atoms with E-state index in [0.717, 1.165) is 19.0 Å². The van der Waals surface area contributed by atoms with Crippen molar-refractivity contribution in [2.75, 3.05) is 6.54 Å². The topological polar surface area (TPSA) is 29.9 Å². The number of imidazole rings is 1. The molecule has 110 valence electrons. The van der Waals surface area contributed by atoms with Crippen molar-refractivity contribution in [3.05, 3.63) is 53.6 Å². The van der Waals surface area contributed by atoms with Crippen molar-refractivity contribution in [2.24, 2.45) is 0 Å². The average molecular weight is 281 g/mol. The highest BCUT2D eigenvalue weighted by Gasteiger charge is 2.25. The summed E-state index contributed by atoms with van der Waals surface area (Å²) in [5.41, 5.74) is 4.18. The average Bonchev–Trinajstić information content (AvgIpc) is 3.28. The predicted molar refractivity (Wildman–Crippen MR) is 84.5 cm³/mol. The third-order valence-electron chi connectivity index (χ3n) is 4.76. The molecule has 3 nitrogen and oxygen atoms in total. The molecule has 1 aromatic heterocycles. The summed E-state index contributed by atoms with van der Waals surface area (Å²) in [6, 6.07) is 12.0. The van der Waals surface area contributed by atoms with Crippen LogP contribution in [0.2, 0.25) is 0 Å². The molecule has 1 unspecified atom stereocenters. The molecule has 1 heterocycles. The van der Waals surface area contributed by atoms with Gasteiger partial charge in [0, 0.05) is 18.3 Å². The van der Waals surface area contributed by atoms with E-state index in [4.69, 9.17) is 0 Å². The van der Waals surface area contributed by atoms with Gasteiger partial charge in [0.15, 0.2) is 0 Å². The molecule has 2 aliphatic carbocycles. The molecule has 21 heavy (non-hydrogen) atoms. The Bertz CT molecular complexity index is 598. The number of benzene rings is 1. The standard InChI is InChI=1S/C18H23N3/c1-2-6-14(7-3-1)18(12-19-15-10-11-15)21-13-20-16-8-4-5-9-17(16)21/h1-3,6-7,13,15,18-19H,4-5,8-12H2. The van der Waals surface area contributed by atoms with Crippen LogP contribution in [0.25, 0.3) is 0 Å². The molecule has 0 saturated heterocycles. The number of aromatic nitrogens is 2. The van der Waals surface area contributed by atoms with E-state index in [2.05, 4.69) is 51.5 Å². The van der Waals surface area contributed by atoms with Crippen molar-refractivity contribution < 1.29 is 0 Å². The highest BCUT2D eigenvalue weighted by Crippen LogP contribution is 2.27. The van der Waals surface area contributed by atoms with Crippen LogP contribution < -0.4 is 5.32 Å². The van der Waals surface area contributed by atoms with E-state index >= 15 is 0 Å². The largest absolute Gasteiger partial charge is 0.326 e. The van der Waals surface area contributed by atoms with Gasteiger partial charge in [-0.2, -0.15) is 0 Å². The molecule has 1 atom stereocenters. The Morgan fingerprint density at radius 2 is 1.95 bits per heavy atom. The second kappa shape index (κ2) is 5.64. The zero-order valence-corrected chi connectivity index (χ0v) is 12.5. The maximum atomic E-state index is 4.68. The summed E-state index contributed by atoms with van der Waals surface area (Å²) in [6.07, 6.45) is 9.67. The Morgan fingerprint density at radius 1 is 1.14 bits per heavy atom. The third-order valence-corrected chi connectivity index (χ3v) is 4.76. The molecule has 1 aromatic carbocycles. The van der Waals surface area contributed by atoms with Crippen molar-refractivity contribution in [3.8, 4) is 0 Å². The van der Waals surface area contributed by atoms with Crippen LogP contribution >= 0.6 is 0 Å². The number of nitrogens with one attached hydrogen (secondary N) is 1. The van der Waals surface area contributed by atoms with Gasteiger partial charge in [-0.1, -0.05) is 30.3 Å². The Balaban J connectivity index is 1.66. The second-order valence-corrected chi connectivity index (χ2v) is 6.36. The molecule has 2 aromatic rings. The minimum absolute atomic E-state index is 0.376. The molecule has 1 saturated carbocycles. The van der Waals surface area contributed by atoms with Crippen LogP contribution in [0.5, 0.6) is 0 Å². The highest BCUT2D eigenvalue weighted by atomic mass is 15.1. The quantitative estimate of drug-likeness (QED) is 0.912. The van der Waals surface area contributed by atoms with Crippen molar-refractivity contribution in [1.29, 1.82) is 0 Å². The van der Waals surface area contributed by atoms with Gasteiger partial charge in [0.05, 0.1) is 18.1 Å².